The minimum atomic E-state index is -0.526. The molecule has 0 radical (unpaired) electrons. The van der Waals surface area contributed by atoms with Crippen LogP contribution >= 0.6 is 0 Å². The summed E-state index contributed by atoms with van der Waals surface area (Å²) < 4.78 is 0. The van der Waals surface area contributed by atoms with E-state index in [4.69, 9.17) is 0 Å². The Kier molecular flexibility index (Phi) is 7.73. The Labute approximate surface area is 158 Å². The van der Waals surface area contributed by atoms with E-state index >= 15 is 0 Å². The van der Waals surface area contributed by atoms with Gasteiger partial charge in [0, 0.05) is 30.3 Å². The maximum absolute atomic E-state index is 11.0. The number of aliphatic hydroxyl groups is 2. The fourth-order valence-corrected chi connectivity index (χ4v) is 3.87. The van der Waals surface area contributed by atoms with E-state index in [2.05, 4.69) is 49.7 Å². The van der Waals surface area contributed by atoms with Crippen LogP contribution in [0.1, 0.15) is 63.5 Å². The highest BCUT2D eigenvalue weighted by Gasteiger charge is 2.33. The molecule has 3 unspecified atom stereocenters. The van der Waals surface area contributed by atoms with Gasteiger partial charge in [0.25, 0.3) is 0 Å². The number of hydrogen-bond donors (Lipinski definition) is 3. The van der Waals surface area contributed by atoms with Crippen molar-refractivity contribution in [3.8, 4) is 0 Å². The molecule has 1 heterocycles. The number of nitrogens with zero attached hydrogens (tertiary/aromatic N) is 1. The standard InChI is InChI=1S/C22H34N2O2/c1-5-8-10-17-15-20(22(26)24(13-6-2)14-7-3)23-19-12-9-11-18(16(4)25)21(17)19/h8-12,17,20,22-23,25-26H,4-7,13-15H2,1-3H3/b10-8-. The molecule has 0 aliphatic carbocycles. The maximum atomic E-state index is 11.0. The lowest BCUT2D eigenvalue weighted by Gasteiger charge is -2.39. The largest absolute Gasteiger partial charge is 0.508 e. The third kappa shape index (κ3) is 4.68. The average molecular weight is 359 g/mol. The number of fused-ring (bicyclic) bond motifs is 1. The topological polar surface area (TPSA) is 55.7 Å². The van der Waals surface area contributed by atoms with Gasteiger partial charge in [-0.15, -0.1) is 0 Å². The van der Waals surface area contributed by atoms with E-state index in [0.717, 1.165) is 55.6 Å². The number of allylic oxidation sites excluding steroid dienone is 2. The summed E-state index contributed by atoms with van der Waals surface area (Å²) in [6.07, 6.45) is 7.64. The van der Waals surface area contributed by atoms with Gasteiger partial charge in [-0.2, -0.15) is 0 Å². The van der Waals surface area contributed by atoms with Crippen LogP contribution in [0.2, 0.25) is 0 Å². The number of aliphatic hydroxyl groups excluding tert-OH is 2. The molecule has 4 heteroatoms. The molecule has 3 N–H and O–H groups in total. The number of rotatable bonds is 9. The Hall–Kier alpha value is -1.78. The van der Waals surface area contributed by atoms with Crippen LogP contribution in [0.4, 0.5) is 5.69 Å². The summed E-state index contributed by atoms with van der Waals surface area (Å²) in [5.41, 5.74) is 2.84. The van der Waals surface area contributed by atoms with Crippen LogP contribution in [0.5, 0.6) is 0 Å². The molecule has 1 aromatic rings. The van der Waals surface area contributed by atoms with Crippen LogP contribution in [-0.2, 0) is 0 Å². The Morgan fingerprint density at radius 1 is 1.31 bits per heavy atom. The first-order chi connectivity index (χ1) is 12.5. The SMILES string of the molecule is C=C(O)c1cccc2c1C(/C=C\CC)CC(C(O)N(CCC)CCC)N2. The molecule has 0 saturated carbocycles. The lowest BCUT2D eigenvalue weighted by molar-refractivity contribution is -0.0134. The highest BCUT2D eigenvalue weighted by molar-refractivity contribution is 5.71. The van der Waals surface area contributed by atoms with E-state index in [9.17, 15) is 10.2 Å². The first kappa shape index (κ1) is 20.5. The molecular formula is C22H34N2O2. The van der Waals surface area contributed by atoms with Gasteiger partial charge in [0.05, 0.1) is 6.04 Å². The van der Waals surface area contributed by atoms with Gasteiger partial charge in [0.2, 0.25) is 0 Å². The Morgan fingerprint density at radius 2 is 2.00 bits per heavy atom. The van der Waals surface area contributed by atoms with Crippen LogP contribution in [-0.4, -0.2) is 40.5 Å². The molecule has 1 aromatic carbocycles. The number of hydrogen-bond acceptors (Lipinski definition) is 4. The molecule has 26 heavy (non-hydrogen) atoms. The van der Waals surface area contributed by atoms with Gasteiger partial charge < -0.3 is 15.5 Å². The van der Waals surface area contributed by atoms with Gasteiger partial charge in [-0.1, -0.05) is 51.6 Å². The second-order valence-electron chi connectivity index (χ2n) is 7.09. The normalized spacial score (nSPS) is 20.8. The van der Waals surface area contributed by atoms with E-state index in [1.807, 2.05) is 18.2 Å². The highest BCUT2D eigenvalue weighted by Crippen LogP contribution is 2.40. The zero-order chi connectivity index (χ0) is 19.1. The number of nitrogens with one attached hydrogen (secondary N) is 1. The molecule has 0 fully saturated rings. The molecule has 1 aliphatic rings. The molecule has 2 rings (SSSR count). The van der Waals surface area contributed by atoms with E-state index in [1.165, 1.54) is 0 Å². The van der Waals surface area contributed by atoms with Crippen molar-refractivity contribution in [1.29, 1.82) is 0 Å². The van der Waals surface area contributed by atoms with Gasteiger partial charge in [-0.25, -0.2) is 0 Å². The van der Waals surface area contributed by atoms with Crippen LogP contribution in [0, 0.1) is 0 Å². The van der Waals surface area contributed by atoms with Gasteiger partial charge in [-0.3, -0.25) is 4.90 Å². The summed E-state index contributed by atoms with van der Waals surface area (Å²) in [4.78, 5) is 2.16. The average Bonchev–Trinajstić information content (AvgIpc) is 2.64. The van der Waals surface area contributed by atoms with Crippen LogP contribution in [0.3, 0.4) is 0 Å². The van der Waals surface area contributed by atoms with Gasteiger partial charge in [0.1, 0.15) is 12.0 Å². The molecule has 0 saturated heterocycles. The third-order valence-electron chi connectivity index (χ3n) is 5.00. The zero-order valence-electron chi connectivity index (χ0n) is 16.4. The molecular weight excluding hydrogens is 324 g/mol. The summed E-state index contributed by atoms with van der Waals surface area (Å²) in [5.74, 6) is 0.243. The fourth-order valence-electron chi connectivity index (χ4n) is 3.87. The fraction of sp³-hybridized carbons (Fsp3) is 0.545. The molecule has 0 aromatic heterocycles. The smallest absolute Gasteiger partial charge is 0.127 e. The maximum Gasteiger partial charge on any atom is 0.127 e. The van der Waals surface area contributed by atoms with Crippen molar-refractivity contribution in [2.45, 2.75) is 64.6 Å². The summed E-state index contributed by atoms with van der Waals surface area (Å²) in [6, 6.07) is 5.81. The Balaban J connectivity index is 2.36. The Morgan fingerprint density at radius 3 is 2.58 bits per heavy atom. The van der Waals surface area contributed by atoms with Crippen molar-refractivity contribution >= 4 is 11.4 Å². The predicted molar refractivity (Wildman–Crippen MR) is 110 cm³/mol. The van der Waals surface area contributed by atoms with Crippen molar-refractivity contribution < 1.29 is 10.2 Å². The molecule has 1 aliphatic heterocycles. The molecule has 0 spiro atoms. The molecule has 0 amide bonds. The zero-order valence-corrected chi connectivity index (χ0v) is 16.4. The number of benzene rings is 1. The van der Waals surface area contributed by atoms with Crippen LogP contribution in [0.15, 0.2) is 36.9 Å². The first-order valence-electron chi connectivity index (χ1n) is 9.89. The quantitative estimate of drug-likeness (QED) is 0.334. The van der Waals surface area contributed by atoms with E-state index in [0.29, 0.717) is 0 Å². The highest BCUT2D eigenvalue weighted by atomic mass is 16.3. The van der Waals surface area contributed by atoms with Gasteiger partial charge in [-0.05, 0) is 37.3 Å². The first-order valence-corrected chi connectivity index (χ1v) is 9.89. The lowest BCUT2D eigenvalue weighted by Crippen LogP contribution is -2.49. The molecule has 0 bridgehead atoms. The minimum absolute atomic E-state index is 0.0469. The second-order valence-corrected chi connectivity index (χ2v) is 7.09. The van der Waals surface area contributed by atoms with Crippen molar-refractivity contribution in [2.75, 3.05) is 18.4 Å². The summed E-state index contributed by atoms with van der Waals surface area (Å²) >= 11 is 0. The van der Waals surface area contributed by atoms with E-state index in [1.54, 1.807) is 0 Å². The predicted octanol–water partition coefficient (Wildman–Crippen LogP) is 4.89. The monoisotopic (exact) mass is 358 g/mol. The molecule has 3 atom stereocenters. The van der Waals surface area contributed by atoms with E-state index < -0.39 is 6.23 Å². The van der Waals surface area contributed by atoms with Crippen LogP contribution < -0.4 is 5.32 Å². The molecule has 144 valence electrons. The van der Waals surface area contributed by atoms with Crippen molar-refractivity contribution in [3.05, 3.63) is 48.1 Å². The van der Waals surface area contributed by atoms with Gasteiger partial charge >= 0.3 is 0 Å². The van der Waals surface area contributed by atoms with Crippen LogP contribution in [0.25, 0.3) is 5.76 Å². The summed E-state index contributed by atoms with van der Waals surface area (Å²) in [7, 11) is 0. The lowest BCUT2D eigenvalue weighted by atomic mass is 9.82. The van der Waals surface area contributed by atoms with Crippen molar-refractivity contribution in [2.24, 2.45) is 0 Å². The second kappa shape index (κ2) is 9.79. The van der Waals surface area contributed by atoms with E-state index in [-0.39, 0.29) is 17.7 Å². The summed E-state index contributed by atoms with van der Waals surface area (Å²) in [6.45, 7) is 11.9. The summed E-state index contributed by atoms with van der Waals surface area (Å²) in [5, 5.41) is 24.6. The van der Waals surface area contributed by atoms with Gasteiger partial charge in [0.15, 0.2) is 0 Å². The minimum Gasteiger partial charge on any atom is -0.508 e. The van der Waals surface area contributed by atoms with Crippen molar-refractivity contribution in [3.63, 3.8) is 0 Å². The van der Waals surface area contributed by atoms with Crippen molar-refractivity contribution in [1.82, 2.24) is 4.90 Å². The third-order valence-corrected chi connectivity index (χ3v) is 5.00. The Bertz CT molecular complexity index is 621. The molecule has 4 nitrogen and oxygen atoms in total. The number of anilines is 1.